The molecular weight excluding hydrogens is 294 g/mol. The van der Waals surface area contributed by atoms with Crippen molar-refractivity contribution in [2.45, 2.75) is 13.5 Å². The Kier molecular flexibility index (Phi) is 4.33. The molecule has 2 aromatic carbocycles. The van der Waals surface area contributed by atoms with Crippen molar-refractivity contribution < 1.29 is 14.1 Å². The van der Waals surface area contributed by atoms with E-state index in [1.54, 1.807) is 24.3 Å². The standard InChI is InChI=1S/C17H15N3O3/c1-12-7-5-6-10-14(12)16-19-15(23-20-16)11-18-17(21)22-13-8-3-2-4-9-13/h2-10H,11H2,1H3,(H,18,21). The van der Waals surface area contributed by atoms with Crippen LogP contribution in [0.1, 0.15) is 11.5 Å². The molecule has 0 saturated heterocycles. The van der Waals surface area contributed by atoms with Gasteiger partial charge in [-0.05, 0) is 24.6 Å². The van der Waals surface area contributed by atoms with E-state index < -0.39 is 6.09 Å². The molecule has 1 amide bonds. The summed E-state index contributed by atoms with van der Waals surface area (Å²) in [4.78, 5) is 16.0. The number of nitrogens with one attached hydrogen (secondary N) is 1. The zero-order valence-electron chi connectivity index (χ0n) is 12.5. The summed E-state index contributed by atoms with van der Waals surface area (Å²) in [5.74, 6) is 1.28. The van der Waals surface area contributed by atoms with Gasteiger partial charge in [-0.1, -0.05) is 47.6 Å². The summed E-state index contributed by atoms with van der Waals surface area (Å²) in [6, 6.07) is 16.6. The van der Waals surface area contributed by atoms with Crippen LogP contribution in [0.4, 0.5) is 4.79 Å². The average Bonchev–Trinajstić information content (AvgIpc) is 3.03. The molecule has 0 aliphatic carbocycles. The van der Waals surface area contributed by atoms with E-state index in [1.165, 1.54) is 0 Å². The first kappa shape index (κ1) is 14.8. The average molecular weight is 309 g/mol. The van der Waals surface area contributed by atoms with Crippen molar-refractivity contribution in [1.82, 2.24) is 15.5 Å². The largest absolute Gasteiger partial charge is 0.413 e. The Morgan fingerprint density at radius 3 is 2.65 bits per heavy atom. The Hall–Kier alpha value is -3.15. The van der Waals surface area contributed by atoms with Crippen LogP contribution in [-0.4, -0.2) is 16.2 Å². The Labute approximate surface area is 133 Å². The van der Waals surface area contributed by atoms with E-state index in [0.717, 1.165) is 11.1 Å². The van der Waals surface area contributed by atoms with Crippen LogP contribution in [0.3, 0.4) is 0 Å². The molecule has 0 spiro atoms. The number of rotatable bonds is 4. The van der Waals surface area contributed by atoms with Crippen molar-refractivity contribution in [1.29, 1.82) is 0 Å². The van der Waals surface area contributed by atoms with Crippen LogP contribution in [0.5, 0.6) is 5.75 Å². The Bertz CT molecular complexity index is 800. The molecule has 0 unspecified atom stereocenters. The highest BCUT2D eigenvalue weighted by Gasteiger charge is 2.12. The van der Waals surface area contributed by atoms with Gasteiger partial charge in [0.1, 0.15) is 12.3 Å². The highest BCUT2D eigenvalue weighted by Crippen LogP contribution is 2.19. The van der Waals surface area contributed by atoms with E-state index in [9.17, 15) is 4.79 Å². The minimum absolute atomic E-state index is 0.102. The Morgan fingerprint density at radius 2 is 1.87 bits per heavy atom. The zero-order chi connectivity index (χ0) is 16.1. The monoisotopic (exact) mass is 309 g/mol. The maximum Gasteiger partial charge on any atom is 0.413 e. The Morgan fingerprint density at radius 1 is 1.13 bits per heavy atom. The lowest BCUT2D eigenvalue weighted by atomic mass is 10.1. The number of hydrogen-bond acceptors (Lipinski definition) is 5. The van der Waals surface area contributed by atoms with Crippen LogP contribution >= 0.6 is 0 Å². The van der Waals surface area contributed by atoms with E-state index in [2.05, 4.69) is 15.5 Å². The maximum absolute atomic E-state index is 11.7. The molecular formula is C17H15N3O3. The van der Waals surface area contributed by atoms with Crippen LogP contribution in [0.2, 0.25) is 0 Å². The second-order valence-electron chi connectivity index (χ2n) is 4.88. The van der Waals surface area contributed by atoms with Gasteiger partial charge in [0.15, 0.2) is 0 Å². The topological polar surface area (TPSA) is 77.2 Å². The fourth-order valence-electron chi connectivity index (χ4n) is 2.04. The molecule has 6 nitrogen and oxygen atoms in total. The number of nitrogens with zero attached hydrogens (tertiary/aromatic N) is 2. The van der Waals surface area contributed by atoms with Gasteiger partial charge in [-0.2, -0.15) is 4.98 Å². The molecule has 0 fully saturated rings. The first-order valence-electron chi connectivity index (χ1n) is 7.12. The minimum Gasteiger partial charge on any atom is -0.410 e. The lowest BCUT2D eigenvalue weighted by molar-refractivity contribution is 0.198. The van der Waals surface area contributed by atoms with Gasteiger partial charge in [-0.25, -0.2) is 4.79 Å². The highest BCUT2D eigenvalue weighted by atomic mass is 16.6. The molecule has 3 rings (SSSR count). The van der Waals surface area contributed by atoms with E-state index in [-0.39, 0.29) is 6.54 Å². The summed E-state index contributed by atoms with van der Waals surface area (Å²) in [6.07, 6.45) is -0.577. The predicted octanol–water partition coefficient (Wildman–Crippen LogP) is 3.33. The van der Waals surface area contributed by atoms with Crippen molar-refractivity contribution >= 4 is 6.09 Å². The first-order chi connectivity index (χ1) is 11.2. The molecule has 116 valence electrons. The molecule has 0 radical (unpaired) electrons. The smallest absolute Gasteiger partial charge is 0.410 e. The van der Waals surface area contributed by atoms with Crippen molar-refractivity contribution in [3.05, 3.63) is 66.1 Å². The number of para-hydroxylation sites is 1. The molecule has 1 N–H and O–H groups in total. The number of carbonyl (C=O) groups excluding carboxylic acids is 1. The molecule has 6 heteroatoms. The van der Waals surface area contributed by atoms with E-state index in [0.29, 0.717) is 17.5 Å². The van der Waals surface area contributed by atoms with Crippen molar-refractivity contribution in [2.75, 3.05) is 0 Å². The maximum atomic E-state index is 11.7. The molecule has 1 heterocycles. The van der Waals surface area contributed by atoms with Crippen molar-refractivity contribution in [3.8, 4) is 17.1 Å². The van der Waals surface area contributed by atoms with Crippen molar-refractivity contribution in [2.24, 2.45) is 0 Å². The fraction of sp³-hybridized carbons (Fsp3) is 0.118. The van der Waals surface area contributed by atoms with Crippen LogP contribution < -0.4 is 10.1 Å². The van der Waals surface area contributed by atoms with E-state index in [4.69, 9.17) is 9.26 Å². The van der Waals surface area contributed by atoms with Crippen LogP contribution in [0, 0.1) is 6.92 Å². The predicted molar refractivity (Wildman–Crippen MR) is 83.8 cm³/mol. The van der Waals surface area contributed by atoms with E-state index in [1.807, 2.05) is 37.3 Å². The van der Waals surface area contributed by atoms with Crippen LogP contribution in [0.25, 0.3) is 11.4 Å². The molecule has 0 aliphatic rings. The third-order valence-electron chi connectivity index (χ3n) is 3.19. The van der Waals surface area contributed by atoms with Crippen LogP contribution in [-0.2, 0) is 6.54 Å². The second-order valence-corrected chi connectivity index (χ2v) is 4.88. The number of benzene rings is 2. The van der Waals surface area contributed by atoms with Gasteiger partial charge in [0.05, 0.1) is 0 Å². The summed E-state index contributed by atoms with van der Waals surface area (Å²) >= 11 is 0. The van der Waals surface area contributed by atoms with Gasteiger partial charge in [0, 0.05) is 5.56 Å². The number of ether oxygens (including phenoxy) is 1. The number of amides is 1. The molecule has 0 bridgehead atoms. The van der Waals surface area contributed by atoms with E-state index >= 15 is 0 Å². The minimum atomic E-state index is -0.577. The molecule has 0 saturated carbocycles. The highest BCUT2D eigenvalue weighted by molar-refractivity contribution is 5.70. The second kappa shape index (κ2) is 6.74. The van der Waals surface area contributed by atoms with Crippen molar-refractivity contribution in [3.63, 3.8) is 0 Å². The van der Waals surface area contributed by atoms with Gasteiger partial charge in [0.2, 0.25) is 11.7 Å². The SMILES string of the molecule is Cc1ccccc1-c1noc(CNC(=O)Oc2ccccc2)n1. The van der Waals surface area contributed by atoms with Gasteiger partial charge in [0.25, 0.3) is 0 Å². The normalized spacial score (nSPS) is 10.3. The van der Waals surface area contributed by atoms with Gasteiger partial charge >= 0.3 is 6.09 Å². The summed E-state index contributed by atoms with van der Waals surface area (Å²) in [7, 11) is 0. The zero-order valence-corrected chi connectivity index (χ0v) is 12.5. The lowest BCUT2D eigenvalue weighted by Gasteiger charge is -2.03. The third-order valence-corrected chi connectivity index (χ3v) is 3.19. The van der Waals surface area contributed by atoms with Gasteiger partial charge in [-0.3, -0.25) is 0 Å². The summed E-state index contributed by atoms with van der Waals surface area (Å²) < 4.78 is 10.3. The number of aryl methyl sites for hydroxylation is 1. The molecule has 0 atom stereocenters. The Balaban J connectivity index is 1.59. The quantitative estimate of drug-likeness (QED) is 0.800. The van der Waals surface area contributed by atoms with Crippen LogP contribution in [0.15, 0.2) is 59.1 Å². The summed E-state index contributed by atoms with van der Waals surface area (Å²) in [6.45, 7) is 2.07. The summed E-state index contributed by atoms with van der Waals surface area (Å²) in [5, 5.41) is 6.50. The molecule has 0 aliphatic heterocycles. The molecule has 1 aromatic heterocycles. The lowest BCUT2D eigenvalue weighted by Crippen LogP contribution is -2.26. The molecule has 3 aromatic rings. The number of hydrogen-bond donors (Lipinski definition) is 1. The fourth-order valence-corrected chi connectivity index (χ4v) is 2.04. The summed E-state index contributed by atoms with van der Waals surface area (Å²) in [5.41, 5.74) is 1.95. The number of carbonyl (C=O) groups is 1. The van der Waals surface area contributed by atoms with Gasteiger partial charge < -0.3 is 14.6 Å². The first-order valence-corrected chi connectivity index (χ1v) is 7.12. The van der Waals surface area contributed by atoms with Gasteiger partial charge in [-0.15, -0.1) is 0 Å². The molecule has 23 heavy (non-hydrogen) atoms. The third kappa shape index (κ3) is 3.74. The number of aromatic nitrogens is 2.